The molecule has 0 fully saturated rings. The molecule has 2 aromatic carbocycles. The lowest BCUT2D eigenvalue weighted by molar-refractivity contribution is 0.571. The third kappa shape index (κ3) is 2.61. The Labute approximate surface area is 114 Å². The van der Waals surface area contributed by atoms with E-state index in [1.807, 2.05) is 13.8 Å². The molecular weight excluding hydrogens is 273 g/mol. The second kappa shape index (κ2) is 5.25. The van der Waals surface area contributed by atoms with Gasteiger partial charge in [-0.2, -0.15) is 0 Å². The summed E-state index contributed by atoms with van der Waals surface area (Å²) in [4.78, 5) is 0. The second-order valence-corrected chi connectivity index (χ2v) is 5.01. The van der Waals surface area contributed by atoms with Crippen LogP contribution in [0.2, 0.25) is 5.02 Å². The van der Waals surface area contributed by atoms with Gasteiger partial charge in [-0.1, -0.05) is 31.5 Å². The summed E-state index contributed by atoms with van der Waals surface area (Å²) in [5.41, 5.74) is 0.341. The fraction of sp³-hybridized carbons (Fsp3) is 0.200. The fourth-order valence-electron chi connectivity index (χ4n) is 1.95. The van der Waals surface area contributed by atoms with Crippen molar-refractivity contribution in [3.8, 4) is 11.1 Å². The molecule has 0 saturated heterocycles. The molecule has 0 amide bonds. The van der Waals surface area contributed by atoms with Gasteiger partial charge in [-0.15, -0.1) is 0 Å². The number of rotatable bonds is 2. The molecule has 100 valence electrons. The van der Waals surface area contributed by atoms with E-state index in [9.17, 15) is 13.2 Å². The van der Waals surface area contributed by atoms with Crippen LogP contribution in [0.5, 0.6) is 0 Å². The van der Waals surface area contributed by atoms with Crippen molar-refractivity contribution in [2.75, 3.05) is 0 Å². The van der Waals surface area contributed by atoms with Gasteiger partial charge < -0.3 is 0 Å². The lowest BCUT2D eigenvalue weighted by Crippen LogP contribution is -1.99. The van der Waals surface area contributed by atoms with Crippen LogP contribution >= 0.6 is 11.6 Å². The molecule has 2 aromatic rings. The topological polar surface area (TPSA) is 0 Å². The lowest BCUT2D eigenvalue weighted by atomic mass is 9.96. The van der Waals surface area contributed by atoms with Gasteiger partial charge in [0.2, 0.25) is 0 Å². The molecular formula is C15H12ClF3. The van der Waals surface area contributed by atoms with Crippen LogP contribution in [0, 0.1) is 17.5 Å². The Hall–Kier alpha value is -1.48. The molecule has 0 atom stereocenters. The van der Waals surface area contributed by atoms with Crippen molar-refractivity contribution in [3.05, 3.63) is 58.4 Å². The molecule has 0 saturated carbocycles. The fourth-order valence-corrected chi connectivity index (χ4v) is 2.22. The van der Waals surface area contributed by atoms with E-state index in [2.05, 4.69) is 0 Å². The second-order valence-electron chi connectivity index (χ2n) is 4.60. The Morgan fingerprint density at radius 3 is 2.26 bits per heavy atom. The molecule has 2 rings (SSSR count). The van der Waals surface area contributed by atoms with Crippen LogP contribution in [-0.2, 0) is 0 Å². The van der Waals surface area contributed by atoms with E-state index < -0.39 is 17.5 Å². The third-order valence-electron chi connectivity index (χ3n) is 2.94. The van der Waals surface area contributed by atoms with E-state index >= 15 is 0 Å². The van der Waals surface area contributed by atoms with E-state index in [0.717, 1.165) is 12.1 Å². The number of hydrogen-bond donors (Lipinski definition) is 0. The average Bonchev–Trinajstić information content (AvgIpc) is 2.31. The predicted molar refractivity (Wildman–Crippen MR) is 70.9 cm³/mol. The first-order valence-electron chi connectivity index (χ1n) is 5.85. The van der Waals surface area contributed by atoms with Gasteiger partial charge in [0, 0.05) is 5.56 Å². The summed E-state index contributed by atoms with van der Waals surface area (Å²) >= 11 is 5.87. The van der Waals surface area contributed by atoms with Gasteiger partial charge in [0.1, 0.15) is 17.5 Å². The monoisotopic (exact) mass is 284 g/mol. The van der Waals surface area contributed by atoms with Crippen molar-refractivity contribution in [2.45, 2.75) is 19.8 Å². The van der Waals surface area contributed by atoms with Crippen LogP contribution in [0.25, 0.3) is 11.1 Å². The summed E-state index contributed by atoms with van der Waals surface area (Å²) in [6, 6.07) is 6.06. The van der Waals surface area contributed by atoms with Crippen molar-refractivity contribution in [1.29, 1.82) is 0 Å². The Kier molecular flexibility index (Phi) is 3.85. The highest BCUT2D eigenvalue weighted by molar-refractivity contribution is 6.33. The summed E-state index contributed by atoms with van der Waals surface area (Å²) in [6.07, 6.45) is 0. The molecule has 0 spiro atoms. The molecule has 0 radical (unpaired) electrons. The van der Waals surface area contributed by atoms with Gasteiger partial charge in [-0.3, -0.25) is 0 Å². The smallest absolute Gasteiger partial charge is 0.137 e. The van der Waals surface area contributed by atoms with Crippen LogP contribution in [0.3, 0.4) is 0 Å². The molecule has 19 heavy (non-hydrogen) atoms. The minimum atomic E-state index is -0.713. The van der Waals surface area contributed by atoms with Crippen molar-refractivity contribution >= 4 is 11.6 Å². The molecule has 0 aliphatic heterocycles. The molecule has 4 heteroatoms. The van der Waals surface area contributed by atoms with Crippen LogP contribution in [0.4, 0.5) is 13.2 Å². The Morgan fingerprint density at radius 2 is 1.68 bits per heavy atom. The quantitative estimate of drug-likeness (QED) is 0.678. The van der Waals surface area contributed by atoms with Crippen LogP contribution in [0.15, 0.2) is 30.3 Å². The summed E-state index contributed by atoms with van der Waals surface area (Å²) in [7, 11) is 0. The lowest BCUT2D eigenvalue weighted by Gasteiger charge is -2.13. The Bertz CT molecular complexity index is 621. The Balaban J connectivity index is 2.71. The molecule has 0 unspecified atom stereocenters. The van der Waals surface area contributed by atoms with Crippen LogP contribution in [-0.4, -0.2) is 0 Å². The highest BCUT2D eigenvalue weighted by atomic mass is 35.5. The van der Waals surface area contributed by atoms with E-state index in [0.29, 0.717) is 5.56 Å². The Morgan fingerprint density at radius 1 is 1.00 bits per heavy atom. The first kappa shape index (κ1) is 13.9. The molecule has 0 aliphatic rings. The molecule has 0 heterocycles. The molecule has 0 nitrogen and oxygen atoms in total. The normalized spacial score (nSPS) is 11.1. The summed E-state index contributed by atoms with van der Waals surface area (Å²) in [5.74, 6) is -1.99. The highest BCUT2D eigenvalue weighted by Gasteiger charge is 2.19. The van der Waals surface area contributed by atoms with E-state index in [-0.39, 0.29) is 22.1 Å². The van der Waals surface area contributed by atoms with Gasteiger partial charge in [-0.25, -0.2) is 13.2 Å². The van der Waals surface area contributed by atoms with E-state index in [1.165, 1.54) is 18.2 Å². The zero-order valence-electron chi connectivity index (χ0n) is 10.5. The highest BCUT2D eigenvalue weighted by Crippen LogP contribution is 2.35. The third-order valence-corrected chi connectivity index (χ3v) is 3.26. The first-order chi connectivity index (χ1) is 8.91. The van der Waals surface area contributed by atoms with E-state index in [1.54, 1.807) is 0 Å². The van der Waals surface area contributed by atoms with Crippen molar-refractivity contribution < 1.29 is 13.2 Å². The summed E-state index contributed by atoms with van der Waals surface area (Å²) in [5, 5.41) is -0.0151. The summed E-state index contributed by atoms with van der Waals surface area (Å²) in [6.45, 7) is 3.62. The van der Waals surface area contributed by atoms with Gasteiger partial charge in [0.25, 0.3) is 0 Å². The number of halogens is 4. The van der Waals surface area contributed by atoms with Gasteiger partial charge in [0.15, 0.2) is 0 Å². The molecule has 0 aromatic heterocycles. The maximum absolute atomic E-state index is 14.4. The van der Waals surface area contributed by atoms with E-state index in [4.69, 9.17) is 11.6 Å². The zero-order valence-corrected chi connectivity index (χ0v) is 11.2. The number of benzene rings is 2. The van der Waals surface area contributed by atoms with Gasteiger partial charge in [-0.05, 0) is 35.7 Å². The largest absolute Gasteiger partial charge is 0.207 e. The number of hydrogen-bond acceptors (Lipinski definition) is 0. The maximum Gasteiger partial charge on any atom is 0.137 e. The van der Waals surface area contributed by atoms with Crippen molar-refractivity contribution in [3.63, 3.8) is 0 Å². The maximum atomic E-state index is 14.4. The minimum absolute atomic E-state index is 0.0151. The van der Waals surface area contributed by atoms with Gasteiger partial charge >= 0.3 is 0 Å². The summed E-state index contributed by atoms with van der Waals surface area (Å²) < 4.78 is 41.2. The molecule has 0 N–H and O–H groups in total. The minimum Gasteiger partial charge on any atom is -0.207 e. The van der Waals surface area contributed by atoms with Crippen LogP contribution < -0.4 is 0 Å². The predicted octanol–water partition coefficient (Wildman–Crippen LogP) is 5.55. The standard InChI is InChI=1S/C15H12ClF3/c1-8(2)10-5-6-13(18)14(15(10)19)11-4-3-9(17)7-12(11)16/h3-8H,1-2H3. The average molecular weight is 285 g/mol. The molecule has 0 aliphatic carbocycles. The first-order valence-corrected chi connectivity index (χ1v) is 6.23. The molecule has 0 bridgehead atoms. The van der Waals surface area contributed by atoms with Crippen LogP contribution in [0.1, 0.15) is 25.3 Å². The SMILES string of the molecule is CC(C)c1ccc(F)c(-c2ccc(F)cc2Cl)c1F. The van der Waals surface area contributed by atoms with Crippen molar-refractivity contribution in [2.24, 2.45) is 0 Å². The zero-order chi connectivity index (χ0) is 14.2. The van der Waals surface area contributed by atoms with Gasteiger partial charge in [0.05, 0.1) is 10.6 Å². The van der Waals surface area contributed by atoms with Crippen molar-refractivity contribution in [1.82, 2.24) is 0 Å².